The summed E-state index contributed by atoms with van der Waals surface area (Å²) in [6, 6.07) is 9.78. The average molecular weight is 312 g/mol. The van der Waals surface area contributed by atoms with E-state index in [0.29, 0.717) is 0 Å². The second-order valence-electron chi connectivity index (χ2n) is 4.05. The molecule has 0 fully saturated rings. The van der Waals surface area contributed by atoms with E-state index < -0.39 is 0 Å². The fourth-order valence-corrected chi connectivity index (χ4v) is 2.15. The molecule has 0 aliphatic heterocycles. The second kappa shape index (κ2) is 5.28. The van der Waals surface area contributed by atoms with E-state index in [9.17, 15) is 0 Å². The zero-order valence-electron chi connectivity index (χ0n) is 9.99. The molecule has 0 aromatic carbocycles. The number of nitrogens with zero attached hydrogens (tertiary/aromatic N) is 3. The molecule has 19 heavy (non-hydrogen) atoms. The van der Waals surface area contributed by atoms with Crippen LogP contribution in [-0.2, 0) is 0 Å². The lowest BCUT2D eigenvalue weighted by molar-refractivity contribution is 1.30. The van der Waals surface area contributed by atoms with Crippen LogP contribution in [0.15, 0.2) is 53.4 Å². The molecule has 0 saturated heterocycles. The molecule has 3 aromatic rings. The molecular formula is C15H10BrN3. The number of pyridine rings is 3. The maximum absolute atomic E-state index is 4.53. The van der Waals surface area contributed by atoms with Crippen LogP contribution < -0.4 is 0 Å². The lowest BCUT2D eigenvalue weighted by Gasteiger charge is -1.98. The van der Waals surface area contributed by atoms with E-state index in [2.05, 4.69) is 30.9 Å². The first kappa shape index (κ1) is 12.0. The van der Waals surface area contributed by atoms with Crippen molar-refractivity contribution < 1.29 is 0 Å². The lowest BCUT2D eigenvalue weighted by Crippen LogP contribution is -1.85. The molecule has 0 radical (unpaired) electrons. The largest absolute Gasteiger partial charge is 0.263 e. The molecule has 0 aliphatic rings. The molecule has 0 unspecified atom stereocenters. The van der Waals surface area contributed by atoms with Crippen LogP contribution in [0.2, 0.25) is 0 Å². The van der Waals surface area contributed by atoms with E-state index in [1.165, 1.54) is 0 Å². The molecule has 0 atom stereocenters. The van der Waals surface area contributed by atoms with Crippen LogP contribution in [0.25, 0.3) is 23.2 Å². The first-order valence-electron chi connectivity index (χ1n) is 5.82. The molecule has 3 rings (SSSR count). The Hall–Kier alpha value is -2.07. The summed E-state index contributed by atoms with van der Waals surface area (Å²) < 4.78 is 0.963. The van der Waals surface area contributed by atoms with Gasteiger partial charge in [-0.3, -0.25) is 9.97 Å². The first-order valence-corrected chi connectivity index (χ1v) is 6.61. The van der Waals surface area contributed by atoms with Crippen molar-refractivity contribution in [3.63, 3.8) is 0 Å². The van der Waals surface area contributed by atoms with Crippen molar-refractivity contribution in [2.45, 2.75) is 0 Å². The molecule has 3 nitrogen and oxygen atoms in total. The summed E-state index contributed by atoms with van der Waals surface area (Å²) in [5.74, 6) is 0. The summed E-state index contributed by atoms with van der Waals surface area (Å²) in [5.41, 5.74) is 3.74. The highest BCUT2D eigenvalue weighted by atomic mass is 79.9. The molecule has 92 valence electrons. The van der Waals surface area contributed by atoms with Gasteiger partial charge in [0.2, 0.25) is 0 Å². The fourth-order valence-electron chi connectivity index (χ4n) is 1.77. The minimum Gasteiger partial charge on any atom is -0.263 e. The van der Waals surface area contributed by atoms with E-state index in [4.69, 9.17) is 0 Å². The third-order valence-electron chi connectivity index (χ3n) is 2.65. The summed E-state index contributed by atoms with van der Waals surface area (Å²) in [4.78, 5) is 12.9. The Morgan fingerprint density at radius 3 is 2.84 bits per heavy atom. The van der Waals surface area contributed by atoms with Gasteiger partial charge >= 0.3 is 0 Å². The van der Waals surface area contributed by atoms with Gasteiger partial charge in [0, 0.05) is 23.1 Å². The highest BCUT2D eigenvalue weighted by Crippen LogP contribution is 2.14. The van der Waals surface area contributed by atoms with Crippen LogP contribution in [0.3, 0.4) is 0 Å². The van der Waals surface area contributed by atoms with Crippen molar-refractivity contribution in [2.75, 3.05) is 0 Å². The third kappa shape index (κ3) is 2.85. The van der Waals surface area contributed by atoms with E-state index in [1.54, 1.807) is 12.4 Å². The van der Waals surface area contributed by atoms with Crippen molar-refractivity contribution in [3.8, 4) is 0 Å². The summed E-state index contributed by atoms with van der Waals surface area (Å²) in [6.45, 7) is 0. The Balaban J connectivity index is 1.92. The molecule has 3 heterocycles. The molecule has 0 N–H and O–H groups in total. The Labute approximate surface area is 119 Å². The molecule has 3 aromatic heterocycles. The van der Waals surface area contributed by atoms with Gasteiger partial charge in [-0.25, -0.2) is 4.98 Å². The summed E-state index contributed by atoms with van der Waals surface area (Å²) >= 11 is 3.40. The summed E-state index contributed by atoms with van der Waals surface area (Å²) in [7, 11) is 0. The minimum atomic E-state index is 0.900. The number of hydrogen-bond donors (Lipinski definition) is 0. The molecule has 4 heteroatoms. The Morgan fingerprint density at radius 2 is 1.95 bits per heavy atom. The van der Waals surface area contributed by atoms with Crippen LogP contribution in [0.4, 0.5) is 0 Å². The van der Waals surface area contributed by atoms with Crippen molar-refractivity contribution in [2.24, 2.45) is 0 Å². The zero-order chi connectivity index (χ0) is 13.1. The Morgan fingerprint density at radius 1 is 1.00 bits per heavy atom. The normalized spacial score (nSPS) is 11.2. The van der Waals surface area contributed by atoms with Gasteiger partial charge in [0.05, 0.1) is 16.7 Å². The molecule has 0 spiro atoms. The van der Waals surface area contributed by atoms with Crippen molar-refractivity contribution >= 4 is 39.1 Å². The van der Waals surface area contributed by atoms with Crippen molar-refractivity contribution in [1.29, 1.82) is 0 Å². The molecule has 0 saturated carbocycles. The van der Waals surface area contributed by atoms with Crippen molar-refractivity contribution in [3.05, 3.63) is 64.7 Å². The summed E-state index contributed by atoms with van der Waals surface area (Å²) in [6.07, 6.45) is 9.30. The Kier molecular flexibility index (Phi) is 3.33. The molecule has 0 bridgehead atoms. The number of aromatic nitrogens is 3. The third-order valence-corrected chi connectivity index (χ3v) is 3.08. The van der Waals surface area contributed by atoms with Gasteiger partial charge < -0.3 is 0 Å². The predicted molar refractivity (Wildman–Crippen MR) is 80.4 cm³/mol. The lowest BCUT2D eigenvalue weighted by atomic mass is 10.2. The van der Waals surface area contributed by atoms with Crippen LogP contribution in [0.5, 0.6) is 0 Å². The number of halogens is 1. The highest BCUT2D eigenvalue weighted by molar-refractivity contribution is 9.10. The SMILES string of the molecule is Brc1cncc(/C=C/c2ccc3ncccc3n2)c1. The highest BCUT2D eigenvalue weighted by Gasteiger charge is 1.96. The molecule has 0 amide bonds. The number of fused-ring (bicyclic) bond motifs is 1. The molecule has 0 aliphatic carbocycles. The standard InChI is InChI=1S/C15H10BrN3/c16-12-8-11(9-17-10-12)3-4-13-5-6-14-15(19-13)2-1-7-18-14/h1-10H/b4-3+. The quantitative estimate of drug-likeness (QED) is 0.719. The Bertz CT molecular complexity index is 753. The topological polar surface area (TPSA) is 38.7 Å². The first-order chi connectivity index (χ1) is 9.31. The van der Waals surface area contributed by atoms with E-state index in [0.717, 1.165) is 26.8 Å². The van der Waals surface area contributed by atoms with Crippen LogP contribution in [-0.4, -0.2) is 15.0 Å². The van der Waals surface area contributed by atoms with Gasteiger partial charge in [-0.05, 0) is 57.9 Å². The van der Waals surface area contributed by atoms with E-state index in [-0.39, 0.29) is 0 Å². The number of rotatable bonds is 2. The number of hydrogen-bond acceptors (Lipinski definition) is 3. The van der Waals surface area contributed by atoms with Crippen LogP contribution in [0, 0.1) is 0 Å². The monoisotopic (exact) mass is 311 g/mol. The maximum atomic E-state index is 4.53. The zero-order valence-corrected chi connectivity index (χ0v) is 11.6. The maximum Gasteiger partial charge on any atom is 0.0893 e. The van der Waals surface area contributed by atoms with Crippen LogP contribution in [0.1, 0.15) is 11.3 Å². The predicted octanol–water partition coefficient (Wildman–Crippen LogP) is 3.96. The van der Waals surface area contributed by atoms with Gasteiger partial charge in [-0.1, -0.05) is 6.08 Å². The minimum absolute atomic E-state index is 0.900. The second-order valence-corrected chi connectivity index (χ2v) is 4.96. The average Bonchev–Trinajstić information content (AvgIpc) is 2.45. The van der Waals surface area contributed by atoms with E-state index in [1.807, 2.05) is 48.7 Å². The summed E-state index contributed by atoms with van der Waals surface area (Å²) in [5, 5.41) is 0. The van der Waals surface area contributed by atoms with Crippen LogP contribution >= 0.6 is 15.9 Å². The van der Waals surface area contributed by atoms with Crippen molar-refractivity contribution in [1.82, 2.24) is 15.0 Å². The van der Waals surface area contributed by atoms with Gasteiger partial charge in [-0.15, -0.1) is 0 Å². The van der Waals surface area contributed by atoms with Gasteiger partial charge in [0.25, 0.3) is 0 Å². The smallest absolute Gasteiger partial charge is 0.0893 e. The van der Waals surface area contributed by atoms with Gasteiger partial charge in [0.1, 0.15) is 0 Å². The molecular weight excluding hydrogens is 302 g/mol. The fraction of sp³-hybridized carbons (Fsp3) is 0. The van der Waals surface area contributed by atoms with Gasteiger partial charge in [0.15, 0.2) is 0 Å². The van der Waals surface area contributed by atoms with E-state index >= 15 is 0 Å². The van der Waals surface area contributed by atoms with Gasteiger partial charge in [-0.2, -0.15) is 0 Å².